The number of amides is 1. The predicted octanol–water partition coefficient (Wildman–Crippen LogP) is 2.92. The largest absolute Gasteiger partial charge is 0.441 e. The van der Waals surface area contributed by atoms with Gasteiger partial charge in [-0.15, -0.1) is 0 Å². The Morgan fingerprint density at radius 3 is 2.47 bits per heavy atom. The summed E-state index contributed by atoms with van der Waals surface area (Å²) < 4.78 is 30.8. The molecule has 30 heavy (non-hydrogen) atoms. The Hall–Kier alpha value is -2.94. The highest BCUT2D eigenvalue weighted by atomic mass is 32.2. The highest BCUT2D eigenvalue weighted by Crippen LogP contribution is 2.23. The van der Waals surface area contributed by atoms with Crippen LogP contribution < -0.4 is 5.32 Å². The second kappa shape index (κ2) is 8.83. The summed E-state index contributed by atoms with van der Waals surface area (Å²) in [4.78, 5) is 21.3. The molecule has 1 unspecified atom stereocenters. The molecule has 0 saturated carbocycles. The van der Waals surface area contributed by atoms with Crippen LogP contribution in [0.15, 0.2) is 52.2 Å². The van der Waals surface area contributed by atoms with Crippen molar-refractivity contribution in [2.75, 3.05) is 6.26 Å². The van der Waals surface area contributed by atoms with Gasteiger partial charge in [-0.25, -0.2) is 18.4 Å². The van der Waals surface area contributed by atoms with Gasteiger partial charge in [0.1, 0.15) is 5.82 Å². The summed E-state index contributed by atoms with van der Waals surface area (Å²) >= 11 is 0. The first-order chi connectivity index (χ1) is 14.1. The summed E-state index contributed by atoms with van der Waals surface area (Å²) in [7, 11) is -1.34. The van der Waals surface area contributed by atoms with Gasteiger partial charge in [-0.05, 0) is 30.2 Å². The number of aromatic nitrogens is 3. The molecule has 1 N–H and O–H groups in total. The van der Waals surface area contributed by atoms with Crippen LogP contribution in [0.25, 0.3) is 11.3 Å². The molecule has 0 fully saturated rings. The lowest BCUT2D eigenvalue weighted by Crippen LogP contribution is -2.33. The number of hydrogen-bond acceptors (Lipinski definition) is 6. The van der Waals surface area contributed by atoms with Crippen LogP contribution in [0.2, 0.25) is 0 Å². The van der Waals surface area contributed by atoms with Crippen LogP contribution >= 0.6 is 0 Å². The van der Waals surface area contributed by atoms with E-state index in [2.05, 4.69) is 15.3 Å². The minimum atomic E-state index is -3.25. The Morgan fingerprint density at radius 1 is 1.20 bits per heavy atom. The van der Waals surface area contributed by atoms with Crippen LogP contribution in [0.4, 0.5) is 0 Å². The van der Waals surface area contributed by atoms with E-state index >= 15 is 0 Å². The second-order valence-corrected chi connectivity index (χ2v) is 9.62. The Kier molecular flexibility index (Phi) is 6.40. The number of nitrogens with zero attached hydrogens (tertiary/aromatic N) is 3. The zero-order valence-corrected chi connectivity index (χ0v) is 18.3. The number of benzene rings is 1. The van der Waals surface area contributed by atoms with Crippen LogP contribution in [-0.4, -0.2) is 35.1 Å². The molecule has 0 aliphatic rings. The number of carbonyl (C=O) groups is 1. The van der Waals surface area contributed by atoms with Crippen LogP contribution in [0.1, 0.15) is 38.0 Å². The number of nitrogens with one attached hydrogen (secondary N) is 1. The zero-order chi connectivity index (χ0) is 21.9. The van der Waals surface area contributed by atoms with E-state index in [4.69, 9.17) is 4.42 Å². The first-order valence-corrected chi connectivity index (χ1v) is 11.6. The molecule has 0 bridgehead atoms. The lowest BCUT2D eigenvalue weighted by molar-refractivity contribution is -0.122. The van der Waals surface area contributed by atoms with Gasteiger partial charge in [-0.2, -0.15) is 0 Å². The molecule has 0 radical (unpaired) electrons. The summed E-state index contributed by atoms with van der Waals surface area (Å²) in [5, 5.41) is 3.04. The number of aryl methyl sites for hydroxylation is 2. The zero-order valence-electron chi connectivity index (χ0n) is 17.5. The first kappa shape index (κ1) is 21.8. The van der Waals surface area contributed by atoms with Crippen LogP contribution in [0, 0.1) is 5.92 Å². The third-order valence-corrected chi connectivity index (χ3v) is 5.93. The fourth-order valence-electron chi connectivity index (χ4n) is 3.10. The maximum Gasteiger partial charge on any atom is 0.221 e. The smallest absolute Gasteiger partial charge is 0.221 e. The molecular formula is C21H26N4O4S. The summed E-state index contributed by atoms with van der Waals surface area (Å²) in [5.74, 6) is 1.88. The number of sulfone groups is 1. The summed E-state index contributed by atoms with van der Waals surface area (Å²) in [6.45, 7) is 4.07. The first-order valence-electron chi connectivity index (χ1n) is 9.67. The molecule has 9 heteroatoms. The van der Waals surface area contributed by atoms with Crippen molar-refractivity contribution in [2.45, 2.75) is 37.6 Å². The Morgan fingerprint density at radius 2 is 1.90 bits per heavy atom. The fourth-order valence-corrected chi connectivity index (χ4v) is 3.73. The molecule has 2 heterocycles. The maximum absolute atomic E-state index is 12.5. The van der Waals surface area contributed by atoms with Crippen molar-refractivity contribution >= 4 is 15.7 Å². The highest BCUT2D eigenvalue weighted by Gasteiger charge is 2.22. The van der Waals surface area contributed by atoms with Crippen molar-refractivity contribution < 1.29 is 17.6 Å². The second-order valence-electron chi connectivity index (χ2n) is 7.60. The van der Waals surface area contributed by atoms with Gasteiger partial charge < -0.3 is 14.3 Å². The SMILES string of the molecule is CC(C)C(NC(=O)CCc1ncc(-c2ccc(S(C)(=O)=O)cc2)o1)c1nccn1C. The quantitative estimate of drug-likeness (QED) is 0.589. The van der Waals surface area contributed by atoms with E-state index in [1.807, 2.05) is 31.7 Å². The van der Waals surface area contributed by atoms with Gasteiger partial charge in [0.2, 0.25) is 5.91 Å². The summed E-state index contributed by atoms with van der Waals surface area (Å²) in [5.41, 5.74) is 0.722. The Balaban J connectivity index is 1.61. The molecule has 1 aromatic carbocycles. The monoisotopic (exact) mass is 430 g/mol. The van der Waals surface area contributed by atoms with Gasteiger partial charge in [-0.1, -0.05) is 13.8 Å². The average Bonchev–Trinajstić information content (AvgIpc) is 3.33. The van der Waals surface area contributed by atoms with Gasteiger partial charge in [0.25, 0.3) is 0 Å². The van der Waals surface area contributed by atoms with E-state index < -0.39 is 9.84 Å². The van der Waals surface area contributed by atoms with E-state index in [1.54, 1.807) is 24.5 Å². The van der Waals surface area contributed by atoms with Crippen molar-refractivity contribution in [3.63, 3.8) is 0 Å². The molecule has 160 valence electrons. The lowest BCUT2D eigenvalue weighted by atomic mass is 10.0. The van der Waals surface area contributed by atoms with Crippen LogP contribution in [-0.2, 0) is 28.1 Å². The molecule has 0 aliphatic heterocycles. The molecule has 3 aromatic rings. The number of imidazole rings is 1. The van der Waals surface area contributed by atoms with Crippen molar-refractivity contribution in [3.8, 4) is 11.3 Å². The maximum atomic E-state index is 12.5. The van der Waals surface area contributed by atoms with Crippen LogP contribution in [0.3, 0.4) is 0 Å². The van der Waals surface area contributed by atoms with Crippen LogP contribution in [0.5, 0.6) is 0 Å². The number of rotatable bonds is 8. The normalized spacial score (nSPS) is 12.8. The fraction of sp³-hybridized carbons (Fsp3) is 0.381. The molecule has 0 saturated heterocycles. The third-order valence-electron chi connectivity index (χ3n) is 4.81. The topological polar surface area (TPSA) is 107 Å². The van der Waals surface area contributed by atoms with Crippen molar-refractivity contribution in [2.24, 2.45) is 13.0 Å². The van der Waals surface area contributed by atoms with E-state index in [0.29, 0.717) is 18.1 Å². The molecule has 1 amide bonds. The third kappa shape index (κ3) is 5.15. The Labute approximate surface area is 176 Å². The minimum Gasteiger partial charge on any atom is -0.441 e. The number of carbonyl (C=O) groups excluding carboxylic acids is 1. The van der Waals surface area contributed by atoms with E-state index in [1.165, 1.54) is 12.1 Å². The standard InChI is InChI=1S/C21H26N4O4S/c1-14(2)20(21-22-11-12-25(21)3)24-18(26)9-10-19-23-13-17(29-19)15-5-7-16(8-6-15)30(4,27)28/h5-8,11-14,20H,9-10H2,1-4H3,(H,24,26). The van der Waals surface area contributed by atoms with Gasteiger partial charge in [0.15, 0.2) is 21.5 Å². The molecular weight excluding hydrogens is 404 g/mol. The van der Waals surface area contributed by atoms with Gasteiger partial charge >= 0.3 is 0 Å². The predicted molar refractivity (Wildman–Crippen MR) is 112 cm³/mol. The average molecular weight is 431 g/mol. The van der Waals surface area contributed by atoms with E-state index in [0.717, 1.165) is 17.6 Å². The highest BCUT2D eigenvalue weighted by molar-refractivity contribution is 7.90. The summed E-state index contributed by atoms with van der Waals surface area (Å²) in [6.07, 6.45) is 6.91. The number of oxazole rings is 1. The van der Waals surface area contributed by atoms with Gasteiger partial charge in [0.05, 0.1) is 17.1 Å². The molecule has 0 aliphatic carbocycles. The lowest BCUT2D eigenvalue weighted by Gasteiger charge is -2.22. The van der Waals surface area contributed by atoms with E-state index in [-0.39, 0.29) is 29.2 Å². The van der Waals surface area contributed by atoms with Gasteiger partial charge in [-0.3, -0.25) is 4.79 Å². The van der Waals surface area contributed by atoms with Gasteiger partial charge in [0, 0.05) is 44.1 Å². The van der Waals surface area contributed by atoms with Crippen molar-refractivity contribution in [1.82, 2.24) is 19.9 Å². The molecule has 2 aromatic heterocycles. The molecule has 8 nitrogen and oxygen atoms in total. The molecule has 1 atom stereocenters. The van der Waals surface area contributed by atoms with Crippen molar-refractivity contribution in [3.05, 3.63) is 54.6 Å². The summed E-state index contributed by atoms with van der Waals surface area (Å²) in [6, 6.07) is 6.24. The minimum absolute atomic E-state index is 0.103. The molecule has 0 spiro atoms. The molecule has 3 rings (SSSR count). The van der Waals surface area contributed by atoms with Crippen molar-refractivity contribution in [1.29, 1.82) is 0 Å². The Bertz CT molecular complexity index is 1110. The van der Waals surface area contributed by atoms with E-state index in [9.17, 15) is 13.2 Å². The number of hydrogen-bond donors (Lipinski definition) is 1.